The van der Waals surface area contributed by atoms with Crippen LogP contribution < -0.4 is 15.4 Å². The van der Waals surface area contributed by atoms with Crippen LogP contribution in [0.1, 0.15) is 0 Å². The van der Waals surface area contributed by atoms with Crippen LogP contribution in [0.3, 0.4) is 0 Å². The third-order valence-electron chi connectivity index (χ3n) is 2.93. The molecule has 0 radical (unpaired) electrons. The first-order chi connectivity index (χ1) is 10.6. The maximum atomic E-state index is 6.10. The van der Waals surface area contributed by atoms with Crippen molar-refractivity contribution in [2.24, 2.45) is 0 Å². The number of nitrogens with one attached hydrogen (secondary N) is 2. The molecule has 0 amide bonds. The van der Waals surface area contributed by atoms with Crippen LogP contribution in [-0.2, 0) is 0 Å². The normalized spacial score (nSPS) is 10.6. The molecule has 0 aliphatic rings. The molecule has 0 spiro atoms. The molecule has 2 N–H and O–H groups in total. The number of anilines is 3. The van der Waals surface area contributed by atoms with Gasteiger partial charge in [0.25, 0.3) is 0 Å². The van der Waals surface area contributed by atoms with E-state index in [-0.39, 0.29) is 0 Å². The van der Waals surface area contributed by atoms with Crippen molar-refractivity contribution in [3.8, 4) is 5.75 Å². The van der Waals surface area contributed by atoms with Gasteiger partial charge in [-0.05, 0) is 38.4 Å². The molecule has 1 aromatic heterocycles. The average Bonchev–Trinajstić information content (AvgIpc) is 2.47. The third kappa shape index (κ3) is 4.75. The van der Waals surface area contributed by atoms with Gasteiger partial charge in [0.2, 0.25) is 5.95 Å². The smallest absolute Gasteiger partial charge is 0.229 e. The molecule has 6 nitrogen and oxygen atoms in total. The van der Waals surface area contributed by atoms with Gasteiger partial charge in [0, 0.05) is 25.0 Å². The molecule has 0 fully saturated rings. The molecular weight excluding hydrogens is 302 g/mol. The molecule has 0 aliphatic heterocycles. The maximum absolute atomic E-state index is 6.10. The fourth-order valence-corrected chi connectivity index (χ4v) is 2.06. The number of rotatable bonds is 7. The number of nitrogens with zero attached hydrogens (tertiary/aromatic N) is 3. The molecule has 1 heterocycles. The number of likely N-dealkylation sites (N-methyl/N-ethyl adjacent to an activating group) is 1. The van der Waals surface area contributed by atoms with Gasteiger partial charge in [0.15, 0.2) is 0 Å². The van der Waals surface area contributed by atoms with Crippen LogP contribution in [0.15, 0.2) is 30.5 Å². The zero-order valence-electron chi connectivity index (χ0n) is 12.9. The second-order valence-electron chi connectivity index (χ2n) is 4.97. The molecule has 1 aromatic carbocycles. The number of halogens is 1. The van der Waals surface area contributed by atoms with Crippen molar-refractivity contribution in [1.29, 1.82) is 0 Å². The van der Waals surface area contributed by atoms with Gasteiger partial charge in [-0.25, -0.2) is 4.98 Å². The summed E-state index contributed by atoms with van der Waals surface area (Å²) in [5, 5.41) is 6.91. The van der Waals surface area contributed by atoms with Crippen molar-refractivity contribution >= 4 is 29.1 Å². The Hall–Kier alpha value is -2.05. The zero-order valence-corrected chi connectivity index (χ0v) is 13.7. The summed E-state index contributed by atoms with van der Waals surface area (Å²) in [7, 11) is 5.64. The molecular formula is C15H20ClN5O. The van der Waals surface area contributed by atoms with Crippen molar-refractivity contribution in [3.63, 3.8) is 0 Å². The predicted molar refractivity (Wildman–Crippen MR) is 90.4 cm³/mol. The van der Waals surface area contributed by atoms with E-state index in [9.17, 15) is 0 Å². The lowest BCUT2D eigenvalue weighted by atomic mass is 10.3. The van der Waals surface area contributed by atoms with E-state index >= 15 is 0 Å². The number of aromatic nitrogens is 2. The monoisotopic (exact) mass is 321 g/mol. The van der Waals surface area contributed by atoms with E-state index in [2.05, 4.69) is 25.5 Å². The summed E-state index contributed by atoms with van der Waals surface area (Å²) in [4.78, 5) is 10.7. The van der Waals surface area contributed by atoms with Gasteiger partial charge in [-0.1, -0.05) is 11.6 Å². The molecule has 7 heteroatoms. The summed E-state index contributed by atoms with van der Waals surface area (Å²) < 4.78 is 5.13. The van der Waals surface area contributed by atoms with Crippen molar-refractivity contribution in [2.75, 3.05) is 44.9 Å². The van der Waals surface area contributed by atoms with E-state index in [4.69, 9.17) is 16.3 Å². The molecule has 118 valence electrons. The Morgan fingerprint density at radius 3 is 2.77 bits per heavy atom. The summed E-state index contributed by atoms with van der Waals surface area (Å²) in [5.74, 6) is 1.92. The molecule has 2 aromatic rings. The molecule has 2 rings (SSSR count). The predicted octanol–water partition coefficient (Wildman–Crippen LogP) is 2.86. The third-order valence-corrected chi connectivity index (χ3v) is 3.22. The van der Waals surface area contributed by atoms with E-state index in [0.717, 1.165) is 24.6 Å². The highest BCUT2D eigenvalue weighted by molar-refractivity contribution is 6.32. The fraction of sp³-hybridized carbons (Fsp3) is 0.333. The zero-order chi connectivity index (χ0) is 15.9. The van der Waals surface area contributed by atoms with Gasteiger partial charge in [-0.2, -0.15) is 4.98 Å². The molecule has 0 saturated heterocycles. The Kier molecular flexibility index (Phi) is 5.80. The van der Waals surface area contributed by atoms with Gasteiger partial charge in [0.1, 0.15) is 11.6 Å². The number of ether oxygens (including phenoxy) is 1. The van der Waals surface area contributed by atoms with Crippen molar-refractivity contribution in [3.05, 3.63) is 35.5 Å². The fourth-order valence-electron chi connectivity index (χ4n) is 1.80. The summed E-state index contributed by atoms with van der Waals surface area (Å²) in [5.41, 5.74) is 0.802. The Morgan fingerprint density at radius 2 is 2.09 bits per heavy atom. The molecule has 22 heavy (non-hydrogen) atoms. The second kappa shape index (κ2) is 7.82. The standard InChI is InChI=1S/C15H20ClN5O/c1-21(2)9-8-17-14-6-7-18-15(20-14)19-11-4-5-13(22-3)12(16)10-11/h4-7,10H,8-9H2,1-3H3,(H2,17,18,19,20). The number of methoxy groups -OCH3 is 1. The minimum absolute atomic E-state index is 0.510. The lowest BCUT2D eigenvalue weighted by Crippen LogP contribution is -2.21. The second-order valence-corrected chi connectivity index (χ2v) is 5.38. The SMILES string of the molecule is COc1ccc(Nc2nccc(NCCN(C)C)n2)cc1Cl. The largest absolute Gasteiger partial charge is 0.495 e. The summed E-state index contributed by atoms with van der Waals surface area (Å²) >= 11 is 6.10. The minimum atomic E-state index is 0.510. The quantitative estimate of drug-likeness (QED) is 0.817. The average molecular weight is 322 g/mol. The Bertz CT molecular complexity index is 621. The van der Waals surface area contributed by atoms with Gasteiger partial charge < -0.3 is 20.3 Å². The van der Waals surface area contributed by atoms with Crippen LogP contribution in [0.5, 0.6) is 5.75 Å². The van der Waals surface area contributed by atoms with E-state index in [1.165, 1.54) is 0 Å². The van der Waals surface area contributed by atoms with E-state index in [1.807, 2.05) is 26.2 Å². The molecule has 0 atom stereocenters. The van der Waals surface area contributed by atoms with Crippen LogP contribution in [0, 0.1) is 0 Å². The van der Waals surface area contributed by atoms with Gasteiger partial charge in [0.05, 0.1) is 12.1 Å². The van der Waals surface area contributed by atoms with Gasteiger partial charge in [-0.15, -0.1) is 0 Å². The first kappa shape index (κ1) is 16.3. The van der Waals surface area contributed by atoms with Crippen LogP contribution in [0.4, 0.5) is 17.5 Å². The van der Waals surface area contributed by atoms with Crippen LogP contribution in [-0.4, -0.2) is 49.2 Å². The van der Waals surface area contributed by atoms with Crippen molar-refractivity contribution in [1.82, 2.24) is 14.9 Å². The Labute approximate surface area is 135 Å². The lowest BCUT2D eigenvalue weighted by Gasteiger charge is -2.12. The molecule has 0 bridgehead atoms. The molecule has 0 aliphatic carbocycles. The summed E-state index contributed by atoms with van der Waals surface area (Å²) in [6.45, 7) is 1.75. The summed E-state index contributed by atoms with van der Waals surface area (Å²) in [6, 6.07) is 7.27. The number of benzene rings is 1. The van der Waals surface area contributed by atoms with Gasteiger partial charge >= 0.3 is 0 Å². The highest BCUT2D eigenvalue weighted by atomic mass is 35.5. The van der Waals surface area contributed by atoms with Crippen LogP contribution >= 0.6 is 11.6 Å². The lowest BCUT2D eigenvalue weighted by molar-refractivity contribution is 0.415. The van der Waals surface area contributed by atoms with E-state index in [1.54, 1.807) is 25.4 Å². The topological polar surface area (TPSA) is 62.3 Å². The first-order valence-electron chi connectivity index (χ1n) is 6.90. The minimum Gasteiger partial charge on any atom is -0.495 e. The maximum Gasteiger partial charge on any atom is 0.229 e. The molecule has 0 saturated carbocycles. The highest BCUT2D eigenvalue weighted by Gasteiger charge is 2.04. The van der Waals surface area contributed by atoms with Crippen LogP contribution in [0.25, 0.3) is 0 Å². The van der Waals surface area contributed by atoms with E-state index in [0.29, 0.717) is 16.7 Å². The number of hydrogen-bond acceptors (Lipinski definition) is 6. The Balaban J connectivity index is 2.02. The Morgan fingerprint density at radius 1 is 1.27 bits per heavy atom. The van der Waals surface area contributed by atoms with Crippen LogP contribution in [0.2, 0.25) is 5.02 Å². The van der Waals surface area contributed by atoms with Crippen molar-refractivity contribution in [2.45, 2.75) is 0 Å². The van der Waals surface area contributed by atoms with Crippen molar-refractivity contribution < 1.29 is 4.74 Å². The van der Waals surface area contributed by atoms with Gasteiger partial charge in [-0.3, -0.25) is 0 Å². The van der Waals surface area contributed by atoms with E-state index < -0.39 is 0 Å². The molecule has 0 unspecified atom stereocenters. The number of hydrogen-bond donors (Lipinski definition) is 2. The summed E-state index contributed by atoms with van der Waals surface area (Å²) in [6.07, 6.45) is 1.71. The first-order valence-corrected chi connectivity index (χ1v) is 7.28. The highest BCUT2D eigenvalue weighted by Crippen LogP contribution is 2.28.